The molecule has 0 saturated heterocycles. The van der Waals surface area contributed by atoms with Crippen molar-refractivity contribution < 1.29 is 18.3 Å². The van der Waals surface area contributed by atoms with Crippen molar-refractivity contribution in [2.24, 2.45) is 5.92 Å². The van der Waals surface area contributed by atoms with E-state index in [1.54, 1.807) is 31.2 Å². The molecule has 0 fully saturated rings. The van der Waals surface area contributed by atoms with Crippen LogP contribution in [-0.2, 0) is 14.8 Å². The summed E-state index contributed by atoms with van der Waals surface area (Å²) in [6.45, 7) is 1.60. The number of sulfonamides is 1. The molecular weight excluding hydrogens is 266 g/mol. The zero-order valence-electron chi connectivity index (χ0n) is 10.6. The summed E-state index contributed by atoms with van der Waals surface area (Å²) >= 11 is 0. The van der Waals surface area contributed by atoms with Crippen LogP contribution in [-0.4, -0.2) is 26.0 Å². The van der Waals surface area contributed by atoms with Gasteiger partial charge in [0.05, 0.1) is 5.92 Å². The molecule has 0 heterocycles. The molecule has 0 spiro atoms. The maximum atomic E-state index is 11.7. The number of benzene rings is 1. The van der Waals surface area contributed by atoms with Crippen molar-refractivity contribution in [3.8, 4) is 0 Å². The highest BCUT2D eigenvalue weighted by molar-refractivity contribution is 7.92. The first-order chi connectivity index (χ1) is 8.94. The normalized spacial score (nSPS) is 13.5. The highest BCUT2D eigenvalue weighted by Gasteiger charge is 2.17. The lowest BCUT2D eigenvalue weighted by Gasteiger charge is -2.09. The number of hydrogen-bond acceptors (Lipinski definition) is 3. The van der Waals surface area contributed by atoms with E-state index in [4.69, 9.17) is 5.11 Å². The summed E-state index contributed by atoms with van der Waals surface area (Å²) in [5.74, 6) is -1.71. The molecule has 5 nitrogen and oxygen atoms in total. The van der Waals surface area contributed by atoms with Gasteiger partial charge in [-0.05, 0) is 18.1 Å². The Bertz CT molecular complexity index is 537. The minimum Gasteiger partial charge on any atom is -0.481 e. The number of aliphatic carboxylic acids is 1. The summed E-state index contributed by atoms with van der Waals surface area (Å²) in [4.78, 5) is 10.8. The van der Waals surface area contributed by atoms with Gasteiger partial charge in [-0.1, -0.05) is 37.3 Å². The lowest BCUT2D eigenvalue weighted by atomic mass is 10.1. The number of nitrogens with one attached hydrogen (secondary N) is 1. The first-order valence-corrected chi connectivity index (χ1v) is 7.45. The molecule has 6 heteroatoms. The fourth-order valence-electron chi connectivity index (χ4n) is 1.40. The Morgan fingerprint density at radius 1 is 1.37 bits per heavy atom. The van der Waals surface area contributed by atoms with E-state index in [1.165, 1.54) is 6.08 Å². The molecule has 0 aliphatic carbocycles. The first kappa shape index (κ1) is 15.4. The zero-order chi connectivity index (χ0) is 14.3. The number of carboxylic acids is 1. The Morgan fingerprint density at radius 2 is 2.00 bits per heavy atom. The van der Waals surface area contributed by atoms with Gasteiger partial charge >= 0.3 is 5.97 Å². The third kappa shape index (κ3) is 5.67. The van der Waals surface area contributed by atoms with Crippen LogP contribution in [0.1, 0.15) is 18.9 Å². The van der Waals surface area contributed by atoms with Crippen LogP contribution in [0, 0.1) is 5.92 Å². The molecule has 0 aromatic heterocycles. The molecule has 2 N–H and O–H groups in total. The second kappa shape index (κ2) is 7.06. The first-order valence-electron chi connectivity index (χ1n) is 5.90. The van der Waals surface area contributed by atoms with E-state index in [-0.39, 0.29) is 6.54 Å². The summed E-state index contributed by atoms with van der Waals surface area (Å²) in [7, 11) is -3.61. The van der Waals surface area contributed by atoms with Gasteiger partial charge in [-0.25, -0.2) is 13.1 Å². The quantitative estimate of drug-likeness (QED) is 0.797. The van der Waals surface area contributed by atoms with Gasteiger partial charge in [0, 0.05) is 12.0 Å². The maximum Gasteiger partial charge on any atom is 0.307 e. The van der Waals surface area contributed by atoms with E-state index in [9.17, 15) is 13.2 Å². The number of hydrogen-bond donors (Lipinski definition) is 2. The molecule has 0 aliphatic heterocycles. The Morgan fingerprint density at radius 3 is 2.53 bits per heavy atom. The van der Waals surface area contributed by atoms with Crippen molar-refractivity contribution in [1.29, 1.82) is 0 Å². The second-order valence-corrected chi connectivity index (χ2v) is 5.70. The topological polar surface area (TPSA) is 83.5 Å². The average Bonchev–Trinajstić information content (AvgIpc) is 2.38. The van der Waals surface area contributed by atoms with Crippen LogP contribution in [0.15, 0.2) is 35.7 Å². The van der Waals surface area contributed by atoms with E-state index in [2.05, 4.69) is 4.72 Å². The SMILES string of the molecule is CCC(CNS(=O)(=O)C=Cc1ccccc1)C(=O)O. The Labute approximate surface area is 113 Å². The summed E-state index contributed by atoms with van der Waals surface area (Å²) < 4.78 is 25.6. The smallest absolute Gasteiger partial charge is 0.307 e. The average molecular weight is 283 g/mol. The Balaban J connectivity index is 2.62. The van der Waals surface area contributed by atoms with Gasteiger partial charge in [0.15, 0.2) is 0 Å². The van der Waals surface area contributed by atoms with Crippen LogP contribution in [0.5, 0.6) is 0 Å². The fraction of sp³-hybridized carbons (Fsp3) is 0.308. The van der Waals surface area contributed by atoms with Gasteiger partial charge in [0.1, 0.15) is 0 Å². The fourth-order valence-corrected chi connectivity index (χ4v) is 2.27. The van der Waals surface area contributed by atoms with Gasteiger partial charge in [0.25, 0.3) is 0 Å². The zero-order valence-corrected chi connectivity index (χ0v) is 11.4. The highest BCUT2D eigenvalue weighted by Crippen LogP contribution is 2.05. The molecule has 1 rings (SSSR count). The van der Waals surface area contributed by atoms with Crippen LogP contribution in [0.25, 0.3) is 6.08 Å². The van der Waals surface area contributed by atoms with Crippen LogP contribution in [0.2, 0.25) is 0 Å². The standard InChI is InChI=1S/C13H17NO4S/c1-2-12(13(15)16)10-14-19(17,18)9-8-11-6-4-3-5-7-11/h3-9,12,14H,2,10H2,1H3,(H,15,16). The molecule has 1 aromatic carbocycles. The third-order valence-corrected chi connectivity index (χ3v) is 3.68. The minimum absolute atomic E-state index is 0.104. The van der Waals surface area contributed by atoms with Crippen molar-refractivity contribution >= 4 is 22.1 Å². The van der Waals surface area contributed by atoms with E-state index >= 15 is 0 Å². The lowest BCUT2D eigenvalue weighted by molar-refractivity contribution is -0.141. The molecule has 0 aliphatic rings. The largest absolute Gasteiger partial charge is 0.481 e. The van der Waals surface area contributed by atoms with Gasteiger partial charge < -0.3 is 5.11 Å². The molecule has 0 bridgehead atoms. The molecular formula is C13H17NO4S. The molecule has 19 heavy (non-hydrogen) atoms. The molecule has 1 unspecified atom stereocenters. The third-order valence-electron chi connectivity index (χ3n) is 2.61. The van der Waals surface area contributed by atoms with E-state index < -0.39 is 21.9 Å². The number of carboxylic acid groups (broad SMARTS) is 1. The second-order valence-electron chi connectivity index (χ2n) is 4.05. The van der Waals surface area contributed by atoms with Crippen molar-refractivity contribution in [2.45, 2.75) is 13.3 Å². The van der Waals surface area contributed by atoms with Gasteiger partial charge in [-0.3, -0.25) is 4.79 Å². The summed E-state index contributed by atoms with van der Waals surface area (Å²) in [6, 6.07) is 8.99. The Kier molecular flexibility index (Phi) is 5.72. The van der Waals surface area contributed by atoms with Crippen LogP contribution in [0.3, 0.4) is 0 Å². The Hall–Kier alpha value is -1.66. The summed E-state index contributed by atoms with van der Waals surface area (Å²) in [6.07, 6.45) is 1.84. The van der Waals surface area contributed by atoms with E-state index in [0.29, 0.717) is 6.42 Å². The minimum atomic E-state index is -3.61. The lowest BCUT2D eigenvalue weighted by Crippen LogP contribution is -2.31. The molecule has 1 aromatic rings. The molecule has 1 atom stereocenters. The van der Waals surface area contributed by atoms with Crippen LogP contribution < -0.4 is 4.72 Å². The van der Waals surface area contributed by atoms with Crippen LogP contribution in [0.4, 0.5) is 0 Å². The van der Waals surface area contributed by atoms with Gasteiger partial charge in [0.2, 0.25) is 10.0 Å². The van der Waals surface area contributed by atoms with Crippen molar-refractivity contribution in [2.75, 3.05) is 6.54 Å². The molecule has 0 amide bonds. The van der Waals surface area contributed by atoms with E-state index in [1.807, 2.05) is 6.07 Å². The molecule has 0 radical (unpaired) electrons. The van der Waals surface area contributed by atoms with Gasteiger partial charge in [-0.15, -0.1) is 0 Å². The van der Waals surface area contributed by atoms with E-state index in [0.717, 1.165) is 11.0 Å². The number of carbonyl (C=O) groups is 1. The van der Waals surface area contributed by atoms with Crippen LogP contribution >= 0.6 is 0 Å². The highest BCUT2D eigenvalue weighted by atomic mass is 32.2. The number of rotatable bonds is 7. The summed E-state index contributed by atoms with van der Waals surface area (Å²) in [5.41, 5.74) is 0.762. The van der Waals surface area contributed by atoms with Crippen molar-refractivity contribution in [1.82, 2.24) is 4.72 Å². The predicted molar refractivity (Wildman–Crippen MR) is 73.8 cm³/mol. The predicted octanol–water partition coefficient (Wildman–Crippen LogP) is 1.69. The molecule has 104 valence electrons. The van der Waals surface area contributed by atoms with Crippen molar-refractivity contribution in [3.63, 3.8) is 0 Å². The molecule has 0 saturated carbocycles. The maximum absolute atomic E-state index is 11.7. The van der Waals surface area contributed by atoms with Crippen molar-refractivity contribution in [3.05, 3.63) is 41.3 Å². The monoisotopic (exact) mass is 283 g/mol. The summed E-state index contributed by atoms with van der Waals surface area (Å²) in [5, 5.41) is 9.86. The van der Waals surface area contributed by atoms with Gasteiger partial charge in [-0.2, -0.15) is 0 Å².